The molecule has 0 spiro atoms. The van der Waals surface area contributed by atoms with Crippen LogP contribution in [0.2, 0.25) is 0 Å². The van der Waals surface area contributed by atoms with Gasteiger partial charge < -0.3 is 10.4 Å². The highest BCUT2D eigenvalue weighted by molar-refractivity contribution is 7.17. The molecule has 0 radical (unpaired) electrons. The van der Waals surface area contributed by atoms with Crippen LogP contribution in [-0.2, 0) is 11.3 Å². The Morgan fingerprint density at radius 2 is 2.00 bits per heavy atom. The molecule has 2 aromatic heterocycles. The Hall–Kier alpha value is -2.93. The summed E-state index contributed by atoms with van der Waals surface area (Å²) >= 11 is 1.30. The lowest BCUT2D eigenvalue weighted by Crippen LogP contribution is -2.22. The number of hydrogen-bond donors (Lipinski definition) is 2. The Balaban J connectivity index is 2.12. The summed E-state index contributed by atoms with van der Waals surface area (Å²) in [5.74, 6) is -1.06. The molecule has 1 amide bonds. The summed E-state index contributed by atoms with van der Waals surface area (Å²) in [6.07, 6.45) is 0. The van der Waals surface area contributed by atoms with Gasteiger partial charge in [-0.25, -0.2) is 0 Å². The number of carbonyl (C=O) groups excluding carboxylic acids is 2. The van der Waals surface area contributed by atoms with Gasteiger partial charge in [0.15, 0.2) is 11.5 Å². The molecule has 6 nitrogen and oxygen atoms in total. The molecule has 0 aliphatic heterocycles. The first-order valence-corrected chi connectivity index (χ1v) is 8.47. The molecule has 3 rings (SSSR count). The highest BCUT2D eigenvalue weighted by atomic mass is 32.1. The number of amides is 1. The first-order valence-electron chi connectivity index (χ1n) is 7.59. The van der Waals surface area contributed by atoms with Gasteiger partial charge in [0.1, 0.15) is 0 Å². The average Bonchev–Trinajstić information content (AvgIpc) is 3.00. The molecule has 0 aliphatic carbocycles. The van der Waals surface area contributed by atoms with Crippen molar-refractivity contribution in [2.75, 3.05) is 5.32 Å². The van der Waals surface area contributed by atoms with Crippen LogP contribution in [0.25, 0.3) is 10.2 Å². The summed E-state index contributed by atoms with van der Waals surface area (Å²) < 4.78 is 2.02. The molecule has 0 saturated heterocycles. The largest absolute Gasteiger partial charge is 0.502 e. The van der Waals surface area contributed by atoms with E-state index in [1.165, 1.54) is 29.8 Å². The van der Waals surface area contributed by atoms with E-state index in [1.807, 2.05) is 6.07 Å². The lowest BCUT2D eigenvalue weighted by atomic mass is 10.1. The number of hydrogen-bond acceptors (Lipinski definition) is 5. The molecular weight excluding hydrogens is 340 g/mol. The van der Waals surface area contributed by atoms with E-state index in [-0.39, 0.29) is 23.8 Å². The smallest absolute Gasteiger partial charge is 0.294 e. The Morgan fingerprint density at radius 1 is 1.24 bits per heavy atom. The van der Waals surface area contributed by atoms with Gasteiger partial charge in [0.05, 0.1) is 22.3 Å². The van der Waals surface area contributed by atoms with E-state index in [2.05, 4.69) is 5.32 Å². The van der Waals surface area contributed by atoms with Gasteiger partial charge in [-0.3, -0.25) is 19.0 Å². The molecule has 0 unspecified atom stereocenters. The summed E-state index contributed by atoms with van der Waals surface area (Å²) in [5, 5.41) is 14.7. The second-order valence-electron chi connectivity index (χ2n) is 5.69. The average molecular weight is 356 g/mol. The minimum Gasteiger partial charge on any atom is -0.502 e. The molecule has 7 heteroatoms. The topological polar surface area (TPSA) is 88.4 Å². The van der Waals surface area contributed by atoms with Crippen LogP contribution in [-0.4, -0.2) is 21.4 Å². The highest BCUT2D eigenvalue weighted by Crippen LogP contribution is 2.29. The summed E-state index contributed by atoms with van der Waals surface area (Å²) in [6.45, 7) is 2.96. The van der Waals surface area contributed by atoms with Crippen LogP contribution < -0.4 is 10.9 Å². The van der Waals surface area contributed by atoms with E-state index in [0.717, 1.165) is 5.56 Å². The zero-order valence-electron chi connectivity index (χ0n) is 13.7. The van der Waals surface area contributed by atoms with Crippen molar-refractivity contribution in [3.8, 4) is 5.75 Å². The van der Waals surface area contributed by atoms with Gasteiger partial charge in [-0.05, 0) is 36.1 Å². The number of aromatic hydroxyl groups is 1. The number of thiophene rings is 1. The van der Waals surface area contributed by atoms with Gasteiger partial charge in [-0.2, -0.15) is 0 Å². The van der Waals surface area contributed by atoms with Crippen molar-refractivity contribution in [1.29, 1.82) is 0 Å². The fraction of sp³-hybridized carbons (Fsp3) is 0.167. The van der Waals surface area contributed by atoms with Gasteiger partial charge in [-0.15, -0.1) is 11.3 Å². The summed E-state index contributed by atoms with van der Waals surface area (Å²) in [5.41, 5.74) is 1.47. The second kappa shape index (κ2) is 6.52. The van der Waals surface area contributed by atoms with Crippen molar-refractivity contribution in [3.05, 3.63) is 57.2 Å². The summed E-state index contributed by atoms with van der Waals surface area (Å²) in [6, 6.07) is 8.88. The Bertz CT molecular complexity index is 1050. The molecule has 0 saturated carbocycles. The van der Waals surface area contributed by atoms with E-state index in [1.54, 1.807) is 29.6 Å². The molecular formula is C18H16N2O4S. The zero-order chi connectivity index (χ0) is 18.1. The molecule has 1 aromatic carbocycles. The second-order valence-corrected chi connectivity index (χ2v) is 6.60. The monoisotopic (exact) mass is 356 g/mol. The third-order valence-corrected chi connectivity index (χ3v) is 4.71. The maximum Gasteiger partial charge on any atom is 0.294 e. The molecule has 25 heavy (non-hydrogen) atoms. The SMILES string of the molecule is CC(=O)Nc1cccc(Cn2c(=O)c(O)c(C(C)=O)c3sccc32)c1. The number of fused-ring (bicyclic) bond motifs is 1. The van der Waals surface area contributed by atoms with E-state index in [9.17, 15) is 19.5 Å². The number of pyridine rings is 1. The first-order chi connectivity index (χ1) is 11.9. The van der Waals surface area contributed by atoms with Crippen molar-refractivity contribution in [3.63, 3.8) is 0 Å². The predicted octanol–water partition coefficient (Wildman–Crippen LogP) is 2.98. The summed E-state index contributed by atoms with van der Waals surface area (Å²) in [7, 11) is 0. The number of nitrogens with zero attached hydrogens (tertiary/aromatic N) is 1. The van der Waals surface area contributed by atoms with Crippen LogP contribution in [0.15, 0.2) is 40.5 Å². The van der Waals surface area contributed by atoms with Gasteiger partial charge in [0, 0.05) is 12.6 Å². The minimum absolute atomic E-state index is 0.0678. The van der Waals surface area contributed by atoms with Crippen molar-refractivity contribution in [1.82, 2.24) is 4.57 Å². The summed E-state index contributed by atoms with van der Waals surface area (Å²) in [4.78, 5) is 35.6. The number of nitrogens with one attached hydrogen (secondary N) is 1. The molecule has 128 valence electrons. The zero-order valence-corrected chi connectivity index (χ0v) is 14.5. The Morgan fingerprint density at radius 3 is 2.68 bits per heavy atom. The Kier molecular flexibility index (Phi) is 4.41. The van der Waals surface area contributed by atoms with Gasteiger partial charge in [0.2, 0.25) is 5.91 Å². The van der Waals surface area contributed by atoms with Gasteiger partial charge in [0.25, 0.3) is 5.56 Å². The quantitative estimate of drug-likeness (QED) is 0.704. The van der Waals surface area contributed by atoms with Crippen LogP contribution in [0.4, 0.5) is 5.69 Å². The standard InChI is InChI=1S/C18H16N2O4S/c1-10(21)15-16(23)18(24)20(14-6-7-25-17(14)15)9-12-4-3-5-13(8-12)19-11(2)22/h3-8,23H,9H2,1-2H3,(H,19,22). The van der Waals surface area contributed by atoms with E-state index < -0.39 is 11.3 Å². The normalized spacial score (nSPS) is 10.8. The lowest BCUT2D eigenvalue weighted by Gasteiger charge is -2.12. The van der Waals surface area contributed by atoms with Crippen molar-refractivity contribution in [2.45, 2.75) is 20.4 Å². The lowest BCUT2D eigenvalue weighted by molar-refractivity contribution is -0.114. The molecule has 0 aliphatic rings. The molecule has 2 N–H and O–H groups in total. The maximum atomic E-state index is 12.6. The number of aromatic nitrogens is 1. The van der Waals surface area contributed by atoms with E-state index >= 15 is 0 Å². The number of carbonyl (C=O) groups is 2. The minimum atomic E-state index is -0.610. The number of Topliss-reactive ketones (excluding diaryl/α,β-unsaturated/α-hetero) is 1. The van der Waals surface area contributed by atoms with Crippen LogP contribution in [0.1, 0.15) is 29.8 Å². The predicted molar refractivity (Wildman–Crippen MR) is 97.6 cm³/mol. The van der Waals surface area contributed by atoms with Crippen LogP contribution >= 0.6 is 11.3 Å². The van der Waals surface area contributed by atoms with Crippen LogP contribution in [0.5, 0.6) is 5.75 Å². The first kappa shape index (κ1) is 16.9. The molecule has 0 fully saturated rings. The van der Waals surface area contributed by atoms with Gasteiger partial charge >= 0.3 is 0 Å². The van der Waals surface area contributed by atoms with Crippen LogP contribution in [0.3, 0.4) is 0 Å². The number of benzene rings is 1. The Labute approximate surface area is 147 Å². The van der Waals surface area contributed by atoms with E-state index in [0.29, 0.717) is 15.9 Å². The molecule has 3 aromatic rings. The third kappa shape index (κ3) is 3.18. The number of rotatable bonds is 4. The molecule has 0 atom stereocenters. The van der Waals surface area contributed by atoms with Crippen molar-refractivity contribution < 1.29 is 14.7 Å². The fourth-order valence-electron chi connectivity index (χ4n) is 2.77. The number of anilines is 1. The molecule has 0 bridgehead atoms. The molecule has 2 heterocycles. The van der Waals surface area contributed by atoms with Crippen molar-refractivity contribution >= 4 is 38.9 Å². The fourth-order valence-corrected chi connectivity index (χ4v) is 3.76. The van der Waals surface area contributed by atoms with Crippen LogP contribution in [0, 0.1) is 0 Å². The number of ketones is 1. The van der Waals surface area contributed by atoms with E-state index in [4.69, 9.17) is 0 Å². The maximum absolute atomic E-state index is 12.6. The highest BCUT2D eigenvalue weighted by Gasteiger charge is 2.20. The van der Waals surface area contributed by atoms with Gasteiger partial charge in [-0.1, -0.05) is 12.1 Å². The third-order valence-electron chi connectivity index (χ3n) is 3.79. The van der Waals surface area contributed by atoms with Crippen molar-refractivity contribution in [2.24, 2.45) is 0 Å².